The number of nitrogens with zero attached hydrogens (tertiary/aromatic N) is 1. The van der Waals surface area contributed by atoms with Crippen LogP contribution in [0.3, 0.4) is 0 Å². The summed E-state index contributed by atoms with van der Waals surface area (Å²) in [5.41, 5.74) is 0.0538. The summed E-state index contributed by atoms with van der Waals surface area (Å²) >= 11 is 0. The van der Waals surface area contributed by atoms with Gasteiger partial charge in [-0.3, -0.25) is 4.79 Å². The number of amides is 1. The molecule has 1 rings (SSSR count). The molecule has 3 nitrogen and oxygen atoms in total. The number of carbonyl (C=O) groups is 1. The molecule has 1 N–H and O–H groups in total. The minimum Gasteiger partial charge on any atom is -0.341 e. The molecule has 0 bridgehead atoms. The van der Waals surface area contributed by atoms with Crippen LogP contribution in [-0.2, 0) is 4.79 Å². The summed E-state index contributed by atoms with van der Waals surface area (Å²) in [4.78, 5) is 14.4. The Hall–Kier alpha value is -0.570. The summed E-state index contributed by atoms with van der Waals surface area (Å²) in [6.45, 7) is 11.3. The minimum atomic E-state index is 0.0538. The Morgan fingerprint density at radius 1 is 1.38 bits per heavy atom. The fourth-order valence-electron chi connectivity index (χ4n) is 2.39. The van der Waals surface area contributed by atoms with Gasteiger partial charge in [-0.25, -0.2) is 0 Å². The first kappa shape index (κ1) is 13.5. The highest BCUT2D eigenvalue weighted by atomic mass is 16.2. The monoisotopic (exact) mass is 226 g/mol. The molecular weight excluding hydrogens is 200 g/mol. The van der Waals surface area contributed by atoms with Gasteiger partial charge in [-0.05, 0) is 39.7 Å². The Labute approximate surface area is 99.6 Å². The summed E-state index contributed by atoms with van der Waals surface area (Å²) in [6, 6.07) is 0. The number of nitrogens with one attached hydrogen (secondary N) is 1. The highest BCUT2D eigenvalue weighted by Crippen LogP contribution is 2.17. The van der Waals surface area contributed by atoms with E-state index in [4.69, 9.17) is 0 Å². The van der Waals surface area contributed by atoms with Crippen molar-refractivity contribution in [1.82, 2.24) is 10.2 Å². The van der Waals surface area contributed by atoms with E-state index in [1.54, 1.807) is 0 Å². The van der Waals surface area contributed by atoms with Crippen LogP contribution in [0.1, 0.15) is 47.0 Å². The third kappa shape index (κ3) is 3.48. The fraction of sp³-hybridized carbons (Fsp3) is 0.923. The first-order valence-electron chi connectivity index (χ1n) is 6.54. The van der Waals surface area contributed by atoms with Gasteiger partial charge in [0.25, 0.3) is 0 Å². The fourth-order valence-corrected chi connectivity index (χ4v) is 2.39. The lowest BCUT2D eigenvalue weighted by atomic mass is 10.00. The maximum absolute atomic E-state index is 12.3. The van der Waals surface area contributed by atoms with Crippen LogP contribution in [0.15, 0.2) is 0 Å². The summed E-state index contributed by atoms with van der Waals surface area (Å²) in [7, 11) is 0. The van der Waals surface area contributed by atoms with Crippen molar-refractivity contribution in [1.29, 1.82) is 0 Å². The van der Waals surface area contributed by atoms with Crippen LogP contribution in [0.25, 0.3) is 0 Å². The van der Waals surface area contributed by atoms with Crippen LogP contribution in [0.2, 0.25) is 0 Å². The Morgan fingerprint density at radius 2 is 2.00 bits per heavy atom. The van der Waals surface area contributed by atoms with Gasteiger partial charge in [0.15, 0.2) is 0 Å². The molecule has 0 aromatic heterocycles. The second-order valence-electron chi connectivity index (χ2n) is 5.44. The molecule has 0 saturated carbocycles. The summed E-state index contributed by atoms with van der Waals surface area (Å²) < 4.78 is 0. The highest BCUT2D eigenvalue weighted by Gasteiger charge is 2.29. The van der Waals surface area contributed by atoms with Crippen molar-refractivity contribution in [2.45, 2.75) is 52.5 Å². The van der Waals surface area contributed by atoms with Gasteiger partial charge >= 0.3 is 0 Å². The molecule has 0 aromatic rings. The quantitative estimate of drug-likeness (QED) is 0.798. The Balaban J connectivity index is 2.66. The van der Waals surface area contributed by atoms with E-state index in [-0.39, 0.29) is 11.5 Å². The van der Waals surface area contributed by atoms with Gasteiger partial charge in [-0.15, -0.1) is 0 Å². The molecule has 1 heterocycles. The molecule has 1 fully saturated rings. The molecular formula is C13H26N2O. The molecule has 0 radical (unpaired) electrons. The Bertz CT molecular complexity index is 234. The van der Waals surface area contributed by atoms with Crippen molar-refractivity contribution < 1.29 is 4.79 Å². The third-order valence-corrected chi connectivity index (χ3v) is 3.44. The zero-order valence-corrected chi connectivity index (χ0v) is 11.2. The van der Waals surface area contributed by atoms with Crippen LogP contribution < -0.4 is 5.32 Å². The molecule has 16 heavy (non-hydrogen) atoms. The van der Waals surface area contributed by atoms with E-state index in [1.807, 2.05) is 0 Å². The summed E-state index contributed by atoms with van der Waals surface area (Å²) in [6.07, 6.45) is 2.98. The topological polar surface area (TPSA) is 32.3 Å². The number of rotatable bonds is 3. The number of carbonyl (C=O) groups excluding carboxylic acids is 1. The number of hydrogen-bond donors (Lipinski definition) is 1. The van der Waals surface area contributed by atoms with Crippen molar-refractivity contribution in [3.8, 4) is 0 Å². The van der Waals surface area contributed by atoms with E-state index >= 15 is 0 Å². The average molecular weight is 226 g/mol. The zero-order chi connectivity index (χ0) is 12.2. The van der Waals surface area contributed by atoms with E-state index in [9.17, 15) is 4.79 Å². The minimum absolute atomic E-state index is 0.0538. The van der Waals surface area contributed by atoms with Crippen molar-refractivity contribution >= 4 is 5.91 Å². The maximum Gasteiger partial charge on any atom is 0.225 e. The van der Waals surface area contributed by atoms with Crippen molar-refractivity contribution in [2.75, 3.05) is 19.6 Å². The van der Waals surface area contributed by atoms with Crippen LogP contribution >= 0.6 is 0 Å². The standard InChI is InChI=1S/C13H26N2O/c1-5-11(6-2)12(16)15-9-7-8-14-13(3,4)10-15/h11,14H,5-10H2,1-4H3. The zero-order valence-electron chi connectivity index (χ0n) is 11.2. The molecule has 3 heteroatoms. The maximum atomic E-state index is 12.3. The average Bonchev–Trinajstić information content (AvgIpc) is 2.41. The van der Waals surface area contributed by atoms with Gasteiger partial charge in [0.2, 0.25) is 5.91 Å². The van der Waals surface area contributed by atoms with Gasteiger partial charge in [0.1, 0.15) is 0 Å². The smallest absolute Gasteiger partial charge is 0.225 e. The predicted octanol–water partition coefficient (Wildman–Crippen LogP) is 2.02. The lowest BCUT2D eigenvalue weighted by Crippen LogP contribution is -2.49. The van der Waals surface area contributed by atoms with Gasteiger partial charge in [0.05, 0.1) is 0 Å². The summed E-state index contributed by atoms with van der Waals surface area (Å²) in [5.74, 6) is 0.565. The normalized spacial score (nSPS) is 20.9. The molecule has 1 aliphatic rings. The van der Waals surface area contributed by atoms with Crippen LogP contribution in [0, 0.1) is 5.92 Å². The first-order valence-corrected chi connectivity index (χ1v) is 6.54. The Kier molecular flexibility index (Phi) is 4.78. The van der Waals surface area contributed by atoms with Crippen LogP contribution in [0.4, 0.5) is 0 Å². The largest absolute Gasteiger partial charge is 0.341 e. The highest BCUT2D eigenvalue weighted by molar-refractivity contribution is 5.78. The molecule has 0 aromatic carbocycles. The predicted molar refractivity (Wildman–Crippen MR) is 67.4 cm³/mol. The van der Waals surface area contributed by atoms with Crippen LogP contribution in [0.5, 0.6) is 0 Å². The third-order valence-electron chi connectivity index (χ3n) is 3.44. The van der Waals surface area contributed by atoms with E-state index in [2.05, 4.69) is 37.9 Å². The molecule has 1 aliphatic heterocycles. The molecule has 0 aliphatic carbocycles. The SMILES string of the molecule is CCC(CC)C(=O)N1CCCNC(C)(C)C1. The van der Waals surface area contributed by atoms with Gasteiger partial charge in [-0.2, -0.15) is 0 Å². The molecule has 1 amide bonds. The second-order valence-corrected chi connectivity index (χ2v) is 5.44. The van der Waals surface area contributed by atoms with Crippen molar-refractivity contribution in [2.24, 2.45) is 5.92 Å². The van der Waals surface area contributed by atoms with Crippen LogP contribution in [-0.4, -0.2) is 36.0 Å². The van der Waals surface area contributed by atoms with Crippen molar-refractivity contribution in [3.63, 3.8) is 0 Å². The second kappa shape index (κ2) is 5.67. The molecule has 1 saturated heterocycles. The lowest BCUT2D eigenvalue weighted by Gasteiger charge is -2.32. The lowest BCUT2D eigenvalue weighted by molar-refractivity contribution is -0.136. The van der Waals surface area contributed by atoms with Gasteiger partial charge < -0.3 is 10.2 Å². The van der Waals surface area contributed by atoms with E-state index in [0.717, 1.165) is 38.9 Å². The summed E-state index contributed by atoms with van der Waals surface area (Å²) in [5, 5.41) is 3.49. The van der Waals surface area contributed by atoms with Gasteiger partial charge in [-0.1, -0.05) is 13.8 Å². The molecule has 0 unspecified atom stereocenters. The Morgan fingerprint density at radius 3 is 2.56 bits per heavy atom. The van der Waals surface area contributed by atoms with Gasteiger partial charge in [0, 0.05) is 24.5 Å². The molecule has 0 atom stereocenters. The molecule has 94 valence electrons. The van der Waals surface area contributed by atoms with E-state index in [1.165, 1.54) is 0 Å². The van der Waals surface area contributed by atoms with E-state index < -0.39 is 0 Å². The first-order chi connectivity index (χ1) is 7.50. The van der Waals surface area contributed by atoms with E-state index in [0.29, 0.717) is 5.91 Å². The van der Waals surface area contributed by atoms with Crippen molar-refractivity contribution in [3.05, 3.63) is 0 Å². The molecule has 0 spiro atoms. The number of hydrogen-bond acceptors (Lipinski definition) is 2.